The van der Waals surface area contributed by atoms with Gasteiger partial charge in [0.1, 0.15) is 11.6 Å². The van der Waals surface area contributed by atoms with Gasteiger partial charge in [0.05, 0.1) is 18.7 Å². The number of rotatable bonds is 3. The highest BCUT2D eigenvalue weighted by Gasteiger charge is 2.21. The van der Waals surface area contributed by atoms with Crippen LogP contribution in [0.3, 0.4) is 0 Å². The summed E-state index contributed by atoms with van der Waals surface area (Å²) in [7, 11) is 0. The number of carbonyl (C=O) groups excluding carboxylic acids is 1. The van der Waals surface area contributed by atoms with E-state index in [1.807, 2.05) is 0 Å². The summed E-state index contributed by atoms with van der Waals surface area (Å²) in [5.74, 6) is -3.18. The molecule has 1 N–H and O–H groups in total. The lowest BCUT2D eigenvalue weighted by molar-refractivity contribution is -0.143. The number of aromatic hydroxyl groups is 1. The Balaban J connectivity index is 1.82. The summed E-state index contributed by atoms with van der Waals surface area (Å²) in [6, 6.07) is 2.22. The fraction of sp³-hybridized carbons (Fsp3) is 0.286. The van der Waals surface area contributed by atoms with Gasteiger partial charge in [-0.3, -0.25) is 4.79 Å². The van der Waals surface area contributed by atoms with Gasteiger partial charge in [-0.1, -0.05) is 0 Å². The molecule has 0 unspecified atom stereocenters. The highest BCUT2D eigenvalue weighted by molar-refractivity contribution is 7.15. The van der Waals surface area contributed by atoms with Crippen molar-refractivity contribution in [2.75, 3.05) is 19.8 Å². The zero-order chi connectivity index (χ0) is 15.7. The molecular weight excluding hydrogens is 314 g/mol. The lowest BCUT2D eigenvalue weighted by Gasteiger charge is -2.25. The molecule has 0 saturated carbocycles. The summed E-state index contributed by atoms with van der Waals surface area (Å²) in [4.78, 5) is 18.2. The number of thiazole rings is 1. The monoisotopic (exact) mass is 326 g/mol. The van der Waals surface area contributed by atoms with Crippen LogP contribution in [-0.2, 0) is 16.1 Å². The number of hydrogen-bond donors (Lipinski definition) is 1. The van der Waals surface area contributed by atoms with E-state index in [0.29, 0.717) is 24.7 Å². The van der Waals surface area contributed by atoms with Crippen molar-refractivity contribution in [1.29, 1.82) is 0 Å². The first-order valence-electron chi connectivity index (χ1n) is 6.54. The van der Waals surface area contributed by atoms with Crippen molar-refractivity contribution in [1.82, 2.24) is 9.88 Å². The number of aromatic nitrogens is 1. The standard InChI is InChI=1S/C14H12F2N2O3S/c15-10-2-1-9(12(16)13(10)20)14-17-5-8(22-14)6-18-3-4-21-7-11(18)19/h1-2,5,20H,3-4,6-7H2. The van der Waals surface area contributed by atoms with Crippen LogP contribution in [0.4, 0.5) is 8.78 Å². The number of amides is 1. The highest BCUT2D eigenvalue weighted by Crippen LogP contribution is 2.33. The maximum atomic E-state index is 13.9. The van der Waals surface area contributed by atoms with Gasteiger partial charge >= 0.3 is 0 Å². The van der Waals surface area contributed by atoms with E-state index in [1.165, 1.54) is 17.4 Å². The minimum atomic E-state index is -1.04. The van der Waals surface area contributed by atoms with E-state index in [9.17, 15) is 18.7 Å². The number of phenolic OH excluding ortho intramolecular Hbond substituents is 1. The average Bonchev–Trinajstić information content (AvgIpc) is 2.96. The lowest BCUT2D eigenvalue weighted by atomic mass is 10.2. The second kappa shape index (κ2) is 5.98. The molecule has 8 heteroatoms. The predicted octanol–water partition coefficient (Wildman–Crippen LogP) is 2.15. The van der Waals surface area contributed by atoms with E-state index < -0.39 is 17.4 Å². The predicted molar refractivity (Wildman–Crippen MR) is 75.4 cm³/mol. The number of morpholine rings is 1. The Kier molecular flexibility index (Phi) is 4.04. The van der Waals surface area contributed by atoms with E-state index in [1.54, 1.807) is 11.1 Å². The molecule has 116 valence electrons. The first-order valence-corrected chi connectivity index (χ1v) is 7.35. The van der Waals surface area contributed by atoms with Crippen molar-refractivity contribution in [2.24, 2.45) is 0 Å². The third-order valence-corrected chi connectivity index (χ3v) is 4.30. The van der Waals surface area contributed by atoms with Gasteiger partial charge in [0.2, 0.25) is 5.91 Å². The Morgan fingerprint density at radius 3 is 3.00 bits per heavy atom. The van der Waals surface area contributed by atoms with Gasteiger partial charge in [-0.15, -0.1) is 11.3 Å². The van der Waals surface area contributed by atoms with Gasteiger partial charge < -0.3 is 14.7 Å². The average molecular weight is 326 g/mol. The zero-order valence-electron chi connectivity index (χ0n) is 11.4. The molecule has 22 heavy (non-hydrogen) atoms. The van der Waals surface area contributed by atoms with E-state index in [4.69, 9.17) is 4.74 Å². The summed E-state index contributed by atoms with van der Waals surface area (Å²) >= 11 is 1.19. The van der Waals surface area contributed by atoms with Crippen LogP contribution < -0.4 is 0 Å². The Labute approximate surface area is 128 Å². The molecule has 1 aliphatic rings. The van der Waals surface area contributed by atoms with Crippen molar-refractivity contribution < 1.29 is 23.4 Å². The lowest BCUT2D eigenvalue weighted by Crippen LogP contribution is -2.40. The van der Waals surface area contributed by atoms with Crippen LogP contribution in [0.2, 0.25) is 0 Å². The second-order valence-electron chi connectivity index (χ2n) is 4.76. The molecule has 5 nitrogen and oxygen atoms in total. The molecular formula is C14H12F2N2O3S. The molecule has 0 aliphatic carbocycles. The number of halogens is 2. The molecule has 1 aromatic heterocycles. The number of nitrogens with zero attached hydrogens (tertiary/aromatic N) is 2. The molecule has 1 aliphatic heterocycles. The van der Waals surface area contributed by atoms with Crippen LogP contribution in [0.25, 0.3) is 10.6 Å². The molecule has 0 spiro atoms. The Bertz CT molecular complexity index is 720. The van der Waals surface area contributed by atoms with Crippen molar-refractivity contribution in [3.63, 3.8) is 0 Å². The molecule has 0 radical (unpaired) electrons. The molecule has 2 heterocycles. The molecule has 0 atom stereocenters. The van der Waals surface area contributed by atoms with Crippen LogP contribution in [-0.4, -0.2) is 40.7 Å². The number of benzene rings is 1. The van der Waals surface area contributed by atoms with E-state index in [-0.39, 0.29) is 18.1 Å². The SMILES string of the molecule is O=C1COCCN1Cc1cnc(-c2ccc(F)c(O)c2F)s1. The van der Waals surface area contributed by atoms with E-state index in [0.717, 1.165) is 10.9 Å². The second-order valence-corrected chi connectivity index (χ2v) is 5.87. The topological polar surface area (TPSA) is 62.7 Å². The number of phenols is 1. The highest BCUT2D eigenvalue weighted by atomic mass is 32.1. The zero-order valence-corrected chi connectivity index (χ0v) is 12.2. The Hall–Kier alpha value is -2.06. The Morgan fingerprint density at radius 2 is 2.23 bits per heavy atom. The van der Waals surface area contributed by atoms with Crippen molar-refractivity contribution >= 4 is 17.2 Å². The van der Waals surface area contributed by atoms with Crippen LogP contribution in [0.1, 0.15) is 4.88 Å². The molecule has 1 amide bonds. The van der Waals surface area contributed by atoms with Crippen molar-refractivity contribution in [3.8, 4) is 16.3 Å². The van der Waals surface area contributed by atoms with Crippen LogP contribution >= 0.6 is 11.3 Å². The molecule has 2 aromatic rings. The van der Waals surface area contributed by atoms with Crippen LogP contribution in [0.5, 0.6) is 5.75 Å². The molecule has 1 saturated heterocycles. The summed E-state index contributed by atoms with van der Waals surface area (Å²) in [6.07, 6.45) is 1.54. The maximum Gasteiger partial charge on any atom is 0.248 e. The number of carbonyl (C=O) groups is 1. The van der Waals surface area contributed by atoms with Gasteiger partial charge in [0.25, 0.3) is 0 Å². The third-order valence-electron chi connectivity index (χ3n) is 3.28. The quantitative estimate of drug-likeness (QED) is 0.939. The molecule has 3 rings (SSSR count). The van der Waals surface area contributed by atoms with Crippen LogP contribution in [0.15, 0.2) is 18.3 Å². The van der Waals surface area contributed by atoms with Crippen molar-refractivity contribution in [2.45, 2.75) is 6.54 Å². The number of hydrogen-bond acceptors (Lipinski definition) is 5. The fourth-order valence-electron chi connectivity index (χ4n) is 2.12. The third kappa shape index (κ3) is 2.79. The first kappa shape index (κ1) is 14.9. The molecule has 1 fully saturated rings. The molecule has 1 aromatic carbocycles. The fourth-order valence-corrected chi connectivity index (χ4v) is 3.06. The van der Waals surface area contributed by atoms with Gasteiger partial charge in [-0.25, -0.2) is 13.8 Å². The van der Waals surface area contributed by atoms with E-state index in [2.05, 4.69) is 4.98 Å². The van der Waals surface area contributed by atoms with Gasteiger partial charge in [-0.2, -0.15) is 0 Å². The largest absolute Gasteiger partial charge is 0.503 e. The van der Waals surface area contributed by atoms with Gasteiger partial charge in [0.15, 0.2) is 17.4 Å². The van der Waals surface area contributed by atoms with Gasteiger partial charge in [0, 0.05) is 17.6 Å². The summed E-state index contributed by atoms with van der Waals surface area (Å²) < 4.78 is 32.0. The van der Waals surface area contributed by atoms with E-state index >= 15 is 0 Å². The van der Waals surface area contributed by atoms with Crippen molar-refractivity contribution in [3.05, 3.63) is 34.8 Å². The van der Waals surface area contributed by atoms with Crippen LogP contribution in [0, 0.1) is 11.6 Å². The summed E-state index contributed by atoms with van der Waals surface area (Å²) in [5.41, 5.74) is 0.0310. The minimum Gasteiger partial charge on any atom is -0.503 e. The normalized spacial score (nSPS) is 15.4. The number of ether oxygens (including phenoxy) is 1. The molecule has 0 bridgehead atoms. The maximum absolute atomic E-state index is 13.9. The smallest absolute Gasteiger partial charge is 0.248 e. The first-order chi connectivity index (χ1) is 10.6. The summed E-state index contributed by atoms with van der Waals surface area (Å²) in [5, 5.41) is 9.63. The Morgan fingerprint density at radius 1 is 1.41 bits per heavy atom. The summed E-state index contributed by atoms with van der Waals surface area (Å²) in [6.45, 7) is 1.41. The minimum absolute atomic E-state index is 0.0310. The van der Waals surface area contributed by atoms with Gasteiger partial charge in [-0.05, 0) is 12.1 Å².